The van der Waals surface area contributed by atoms with Crippen molar-refractivity contribution in [2.45, 2.75) is 50.8 Å². The van der Waals surface area contributed by atoms with Gasteiger partial charge in [0.1, 0.15) is 0 Å². The van der Waals surface area contributed by atoms with E-state index in [1.54, 1.807) is 0 Å². The van der Waals surface area contributed by atoms with Crippen LogP contribution >= 0.6 is 27.3 Å². The first kappa shape index (κ1) is 11.6. The first-order chi connectivity index (χ1) is 7.00. The van der Waals surface area contributed by atoms with E-state index in [1.165, 1.54) is 29.8 Å². The highest BCUT2D eigenvalue weighted by atomic mass is 79.9. The number of hydrogen-bond acceptors (Lipinski definition) is 2. The van der Waals surface area contributed by atoms with Gasteiger partial charge in [0.2, 0.25) is 0 Å². The summed E-state index contributed by atoms with van der Waals surface area (Å²) >= 11 is 5.60. The van der Waals surface area contributed by atoms with Crippen molar-refractivity contribution < 1.29 is 0 Å². The predicted octanol–water partition coefficient (Wildman–Crippen LogP) is 4.51. The number of alkyl halides is 1. The summed E-state index contributed by atoms with van der Waals surface area (Å²) in [7, 11) is 0. The van der Waals surface area contributed by atoms with Gasteiger partial charge in [0, 0.05) is 15.6 Å². The van der Waals surface area contributed by atoms with Crippen LogP contribution in [0.3, 0.4) is 0 Å². The van der Waals surface area contributed by atoms with Crippen LogP contribution in [-0.2, 0) is 0 Å². The Labute approximate surface area is 104 Å². The van der Waals surface area contributed by atoms with E-state index in [2.05, 4.69) is 41.7 Å². The summed E-state index contributed by atoms with van der Waals surface area (Å²) in [6, 6.07) is 0. The van der Waals surface area contributed by atoms with Gasteiger partial charge in [0.25, 0.3) is 0 Å². The number of hydrogen-bond donors (Lipinski definition) is 0. The van der Waals surface area contributed by atoms with Crippen molar-refractivity contribution in [3.8, 4) is 0 Å². The SMILES string of the molecule is Cc1ncsc1C1CC(Br)CCC1(C)C. The number of rotatable bonds is 1. The normalized spacial score (nSPS) is 30.4. The Balaban J connectivity index is 2.29. The minimum atomic E-state index is 0.432. The molecular weight excluding hydrogens is 270 g/mol. The molecule has 0 saturated heterocycles. The van der Waals surface area contributed by atoms with Gasteiger partial charge in [0.05, 0.1) is 11.2 Å². The largest absolute Gasteiger partial charge is 0.250 e. The highest BCUT2D eigenvalue weighted by Crippen LogP contribution is 2.50. The second kappa shape index (κ2) is 4.17. The van der Waals surface area contributed by atoms with Crippen LogP contribution in [0.15, 0.2) is 5.51 Å². The highest BCUT2D eigenvalue weighted by molar-refractivity contribution is 9.09. The maximum Gasteiger partial charge on any atom is 0.0797 e. The van der Waals surface area contributed by atoms with Gasteiger partial charge < -0.3 is 0 Å². The van der Waals surface area contributed by atoms with Crippen molar-refractivity contribution in [1.82, 2.24) is 4.98 Å². The molecule has 0 N–H and O–H groups in total. The summed E-state index contributed by atoms with van der Waals surface area (Å²) < 4.78 is 0. The molecule has 3 heteroatoms. The van der Waals surface area contributed by atoms with Gasteiger partial charge in [-0.1, -0.05) is 29.8 Å². The van der Waals surface area contributed by atoms with E-state index in [0.29, 0.717) is 16.2 Å². The van der Waals surface area contributed by atoms with Crippen LogP contribution in [0, 0.1) is 12.3 Å². The first-order valence-electron chi connectivity index (χ1n) is 5.55. The molecule has 84 valence electrons. The van der Waals surface area contributed by atoms with E-state index in [9.17, 15) is 0 Å². The van der Waals surface area contributed by atoms with Crippen molar-refractivity contribution in [1.29, 1.82) is 0 Å². The molecule has 0 aromatic carbocycles. The lowest BCUT2D eigenvalue weighted by molar-refractivity contribution is 0.207. The lowest BCUT2D eigenvalue weighted by Gasteiger charge is -2.40. The fourth-order valence-corrected chi connectivity index (χ4v) is 4.23. The molecule has 0 amide bonds. The smallest absolute Gasteiger partial charge is 0.0797 e. The molecule has 2 rings (SSSR count). The molecule has 2 atom stereocenters. The maximum atomic E-state index is 4.39. The third kappa shape index (κ3) is 2.28. The Morgan fingerprint density at radius 1 is 1.53 bits per heavy atom. The van der Waals surface area contributed by atoms with Crippen LogP contribution in [0.5, 0.6) is 0 Å². The number of halogens is 1. The molecule has 1 aromatic rings. The number of thiazole rings is 1. The Morgan fingerprint density at radius 3 is 2.87 bits per heavy atom. The predicted molar refractivity (Wildman–Crippen MR) is 69.9 cm³/mol. The van der Waals surface area contributed by atoms with E-state index < -0.39 is 0 Å². The molecule has 1 aliphatic carbocycles. The molecule has 0 spiro atoms. The minimum absolute atomic E-state index is 0.432. The second-order valence-electron chi connectivity index (χ2n) is 5.21. The van der Waals surface area contributed by atoms with Crippen LogP contribution in [0.4, 0.5) is 0 Å². The Bertz CT molecular complexity index is 345. The monoisotopic (exact) mass is 287 g/mol. The molecule has 1 aliphatic rings. The quantitative estimate of drug-likeness (QED) is 0.693. The molecule has 1 saturated carbocycles. The molecule has 1 heterocycles. The van der Waals surface area contributed by atoms with Crippen LogP contribution in [0.1, 0.15) is 49.6 Å². The van der Waals surface area contributed by atoms with Gasteiger partial charge in [-0.2, -0.15) is 0 Å². The minimum Gasteiger partial charge on any atom is -0.250 e. The lowest BCUT2D eigenvalue weighted by Crippen LogP contribution is -2.30. The van der Waals surface area contributed by atoms with Gasteiger partial charge in [-0.25, -0.2) is 4.98 Å². The second-order valence-corrected chi connectivity index (χ2v) is 7.40. The fourth-order valence-electron chi connectivity index (χ4n) is 2.50. The van der Waals surface area contributed by atoms with Crippen molar-refractivity contribution in [2.24, 2.45) is 5.41 Å². The summed E-state index contributed by atoms with van der Waals surface area (Å²) in [6.07, 6.45) is 3.88. The van der Waals surface area contributed by atoms with Gasteiger partial charge in [0.15, 0.2) is 0 Å². The molecule has 1 aromatic heterocycles. The van der Waals surface area contributed by atoms with Crippen molar-refractivity contribution in [3.63, 3.8) is 0 Å². The van der Waals surface area contributed by atoms with Crippen LogP contribution < -0.4 is 0 Å². The van der Waals surface area contributed by atoms with Crippen molar-refractivity contribution >= 4 is 27.3 Å². The molecule has 0 aliphatic heterocycles. The Hall–Kier alpha value is 0.110. The molecule has 15 heavy (non-hydrogen) atoms. The molecule has 1 fully saturated rings. The van der Waals surface area contributed by atoms with E-state index >= 15 is 0 Å². The zero-order valence-electron chi connectivity index (χ0n) is 9.59. The maximum absolute atomic E-state index is 4.39. The molecular formula is C12H18BrNS. The van der Waals surface area contributed by atoms with E-state index in [0.717, 1.165) is 0 Å². The summed E-state index contributed by atoms with van der Waals surface area (Å²) in [6.45, 7) is 6.94. The van der Waals surface area contributed by atoms with Crippen LogP contribution in [-0.4, -0.2) is 9.81 Å². The summed E-state index contributed by atoms with van der Waals surface area (Å²) in [4.78, 5) is 6.58. The third-order valence-corrected chi connectivity index (χ3v) is 5.51. The highest BCUT2D eigenvalue weighted by Gasteiger charge is 2.38. The number of aryl methyl sites for hydroxylation is 1. The first-order valence-corrected chi connectivity index (χ1v) is 7.34. The molecule has 2 unspecified atom stereocenters. The summed E-state index contributed by atoms with van der Waals surface area (Å²) in [5, 5.41) is 0. The molecule has 0 radical (unpaired) electrons. The standard InChI is InChI=1S/C12H18BrNS/c1-8-11(15-7-14-8)10-6-9(13)4-5-12(10,2)3/h7,9-10H,4-6H2,1-3H3. The molecule has 1 nitrogen and oxygen atoms in total. The van der Waals surface area contributed by atoms with E-state index in [4.69, 9.17) is 0 Å². The Kier molecular flexibility index (Phi) is 3.22. The van der Waals surface area contributed by atoms with Crippen LogP contribution in [0.25, 0.3) is 0 Å². The average molecular weight is 288 g/mol. The average Bonchev–Trinajstić information content (AvgIpc) is 2.56. The zero-order valence-corrected chi connectivity index (χ0v) is 12.0. The van der Waals surface area contributed by atoms with Gasteiger partial charge >= 0.3 is 0 Å². The lowest BCUT2D eigenvalue weighted by atomic mass is 9.68. The van der Waals surface area contributed by atoms with E-state index in [1.807, 2.05) is 16.8 Å². The van der Waals surface area contributed by atoms with E-state index in [-0.39, 0.29) is 0 Å². The van der Waals surface area contributed by atoms with Crippen LogP contribution in [0.2, 0.25) is 0 Å². The molecule has 0 bridgehead atoms. The number of nitrogens with zero attached hydrogens (tertiary/aromatic N) is 1. The van der Waals surface area contributed by atoms with Gasteiger partial charge in [-0.05, 0) is 31.6 Å². The topological polar surface area (TPSA) is 12.9 Å². The summed E-state index contributed by atoms with van der Waals surface area (Å²) in [5.41, 5.74) is 3.65. The third-order valence-electron chi connectivity index (χ3n) is 3.64. The van der Waals surface area contributed by atoms with Crippen molar-refractivity contribution in [2.75, 3.05) is 0 Å². The number of aromatic nitrogens is 1. The van der Waals surface area contributed by atoms with Gasteiger partial charge in [-0.3, -0.25) is 0 Å². The Morgan fingerprint density at radius 2 is 2.27 bits per heavy atom. The zero-order chi connectivity index (χ0) is 11.1. The van der Waals surface area contributed by atoms with Crippen molar-refractivity contribution in [3.05, 3.63) is 16.1 Å². The fraction of sp³-hybridized carbons (Fsp3) is 0.750. The van der Waals surface area contributed by atoms with Gasteiger partial charge in [-0.15, -0.1) is 11.3 Å². The summed E-state index contributed by atoms with van der Waals surface area (Å²) in [5.74, 6) is 0.683.